The Labute approximate surface area is 149 Å². The Bertz CT molecular complexity index is 394. The number of ketones is 1. The van der Waals surface area contributed by atoms with Crippen LogP contribution in [0.2, 0.25) is 0 Å². The van der Waals surface area contributed by atoms with Crippen LogP contribution in [0.1, 0.15) is 46.5 Å². The fourth-order valence-electron chi connectivity index (χ4n) is 2.26. The molecule has 0 aliphatic carbocycles. The zero-order valence-electron chi connectivity index (χ0n) is 15.6. The van der Waals surface area contributed by atoms with Crippen molar-refractivity contribution in [1.82, 2.24) is 9.80 Å². The summed E-state index contributed by atoms with van der Waals surface area (Å²) in [6.45, 7) is 8.31. The molecule has 2 rings (SSSR count). The highest BCUT2D eigenvalue weighted by molar-refractivity contribution is 5.81. The molecule has 0 aromatic carbocycles. The van der Waals surface area contributed by atoms with Gasteiger partial charge in [-0.25, -0.2) is 4.79 Å². The molecule has 146 valence electrons. The van der Waals surface area contributed by atoms with Crippen LogP contribution in [-0.4, -0.2) is 83.3 Å². The molecule has 0 bridgehead atoms. The minimum atomic E-state index is -0.542. The van der Waals surface area contributed by atoms with E-state index in [4.69, 9.17) is 9.84 Å². The first-order valence-corrected chi connectivity index (χ1v) is 8.75. The first-order chi connectivity index (χ1) is 11.8. The van der Waals surface area contributed by atoms with Gasteiger partial charge in [-0.1, -0.05) is 0 Å². The Morgan fingerprint density at radius 3 is 2.08 bits per heavy atom. The summed E-state index contributed by atoms with van der Waals surface area (Å²) >= 11 is 0. The number of carbonyl (C=O) groups is 3. The summed E-state index contributed by atoms with van der Waals surface area (Å²) in [5.41, 5.74) is -0.542. The van der Waals surface area contributed by atoms with Gasteiger partial charge in [-0.2, -0.15) is 0 Å². The van der Waals surface area contributed by atoms with E-state index in [9.17, 15) is 19.5 Å². The second-order valence-corrected chi connectivity index (χ2v) is 6.18. The Morgan fingerprint density at radius 2 is 1.68 bits per heavy atom. The van der Waals surface area contributed by atoms with Crippen LogP contribution < -0.4 is 0 Å². The Morgan fingerprint density at radius 1 is 1.20 bits per heavy atom. The van der Waals surface area contributed by atoms with Gasteiger partial charge in [0.2, 0.25) is 6.41 Å². The number of aliphatic hydroxyl groups is 2. The average Bonchev–Trinajstić information content (AvgIpc) is 2.57. The summed E-state index contributed by atoms with van der Waals surface area (Å²) in [5.74, 6) is 0.232. The smallest absolute Gasteiger partial charge is 0.409 e. The van der Waals surface area contributed by atoms with E-state index in [2.05, 4.69) is 0 Å². The molecule has 0 unspecified atom stereocenters. The van der Waals surface area contributed by atoms with Gasteiger partial charge in [0.1, 0.15) is 5.78 Å². The van der Waals surface area contributed by atoms with Crippen molar-refractivity contribution in [2.75, 3.05) is 39.4 Å². The zero-order chi connectivity index (χ0) is 19.3. The van der Waals surface area contributed by atoms with Crippen LogP contribution in [0.3, 0.4) is 0 Å². The van der Waals surface area contributed by atoms with Gasteiger partial charge in [-0.3, -0.25) is 9.59 Å². The molecule has 0 radical (unpaired) electrons. The fraction of sp³-hybridized carbons (Fsp3) is 0.824. The number of aliphatic hydroxyl groups excluding tert-OH is 1. The molecule has 0 saturated carbocycles. The maximum absolute atomic E-state index is 11.1. The van der Waals surface area contributed by atoms with Crippen LogP contribution in [0.25, 0.3) is 0 Å². The van der Waals surface area contributed by atoms with Crippen LogP contribution in [0.4, 0.5) is 4.79 Å². The molecule has 8 heteroatoms. The molecular formula is C17H32N2O6. The topological polar surface area (TPSA) is 107 Å². The van der Waals surface area contributed by atoms with Gasteiger partial charge in [-0.15, -0.1) is 0 Å². The van der Waals surface area contributed by atoms with E-state index in [-0.39, 0.29) is 18.5 Å². The standard InChI is InChI=1S/C8H13NO3.C7H13NO2.C2H6O/c1-2-12-8(11)9-5-3-7(10)4-6-9;1-7(10)2-4-8(6-9)5-3-7;1-2-3/h2-6H2,1H3;6,10H,2-5H2,1H3;3H,2H2,1H3. The number of hydrogen-bond acceptors (Lipinski definition) is 6. The Kier molecular flexibility index (Phi) is 11.8. The summed E-state index contributed by atoms with van der Waals surface area (Å²) in [5, 5.41) is 17.0. The molecule has 25 heavy (non-hydrogen) atoms. The molecule has 2 fully saturated rings. The van der Waals surface area contributed by atoms with Gasteiger partial charge in [0.15, 0.2) is 0 Å². The van der Waals surface area contributed by atoms with Crippen LogP contribution in [-0.2, 0) is 14.3 Å². The molecule has 0 aromatic rings. The lowest BCUT2D eigenvalue weighted by atomic mass is 9.94. The summed E-state index contributed by atoms with van der Waals surface area (Å²) in [6, 6.07) is 0. The first kappa shape index (κ1) is 23.3. The van der Waals surface area contributed by atoms with E-state index in [1.807, 2.05) is 6.92 Å². The van der Waals surface area contributed by atoms with E-state index in [0.717, 1.165) is 6.41 Å². The molecular weight excluding hydrogens is 328 g/mol. The quantitative estimate of drug-likeness (QED) is 0.705. The van der Waals surface area contributed by atoms with E-state index in [1.165, 1.54) is 0 Å². The maximum atomic E-state index is 11.1. The van der Waals surface area contributed by atoms with E-state index in [1.54, 1.807) is 23.6 Å². The second-order valence-electron chi connectivity index (χ2n) is 6.18. The highest BCUT2D eigenvalue weighted by Gasteiger charge is 2.26. The maximum Gasteiger partial charge on any atom is 0.409 e. The van der Waals surface area contributed by atoms with E-state index >= 15 is 0 Å². The van der Waals surface area contributed by atoms with E-state index < -0.39 is 5.60 Å². The highest BCUT2D eigenvalue weighted by atomic mass is 16.6. The largest absolute Gasteiger partial charge is 0.450 e. The third kappa shape index (κ3) is 10.7. The van der Waals surface area contributed by atoms with Gasteiger partial charge in [-0.05, 0) is 33.6 Å². The van der Waals surface area contributed by atoms with E-state index in [0.29, 0.717) is 58.5 Å². The van der Waals surface area contributed by atoms with Crippen LogP contribution in [0.5, 0.6) is 0 Å². The number of likely N-dealkylation sites (tertiary alicyclic amines) is 2. The number of nitrogens with zero attached hydrogens (tertiary/aromatic N) is 2. The molecule has 8 nitrogen and oxygen atoms in total. The SMILES string of the molecule is CC1(O)CCN(C=O)CC1.CCO.CCOC(=O)N1CCC(=O)CC1. The number of carbonyl (C=O) groups excluding carboxylic acids is 3. The molecule has 2 saturated heterocycles. The van der Waals surface area contributed by atoms with Crippen LogP contribution in [0, 0.1) is 0 Å². The number of ether oxygens (including phenoxy) is 1. The minimum absolute atomic E-state index is 0.232. The predicted molar refractivity (Wildman–Crippen MR) is 93.1 cm³/mol. The molecule has 0 aromatic heterocycles. The van der Waals surface area contributed by atoms with Crippen molar-refractivity contribution in [2.24, 2.45) is 0 Å². The number of piperidine rings is 2. The van der Waals surface area contributed by atoms with Crippen LogP contribution in [0.15, 0.2) is 0 Å². The van der Waals surface area contributed by atoms with Gasteiger partial charge < -0.3 is 24.7 Å². The lowest BCUT2D eigenvalue weighted by Crippen LogP contribution is -2.41. The van der Waals surface area contributed by atoms with Gasteiger partial charge in [0.25, 0.3) is 0 Å². The minimum Gasteiger partial charge on any atom is -0.450 e. The number of rotatable bonds is 2. The van der Waals surface area contributed by atoms with Gasteiger partial charge in [0.05, 0.1) is 12.2 Å². The van der Waals surface area contributed by atoms with Crippen molar-refractivity contribution in [3.63, 3.8) is 0 Å². The summed E-state index contributed by atoms with van der Waals surface area (Å²) < 4.78 is 4.79. The second kappa shape index (κ2) is 12.7. The number of amides is 2. The van der Waals surface area contributed by atoms with Crippen molar-refractivity contribution < 1.29 is 29.3 Å². The molecule has 0 atom stereocenters. The normalized spacial score (nSPS) is 19.0. The molecule has 2 heterocycles. The fourth-order valence-corrected chi connectivity index (χ4v) is 2.26. The van der Waals surface area contributed by atoms with Crippen molar-refractivity contribution >= 4 is 18.3 Å². The number of Topliss-reactive ketones (excluding diaryl/α,β-unsaturated/α-hetero) is 1. The van der Waals surface area contributed by atoms with Crippen molar-refractivity contribution in [3.8, 4) is 0 Å². The molecule has 2 aliphatic rings. The molecule has 2 amide bonds. The van der Waals surface area contributed by atoms with Crippen molar-refractivity contribution in [3.05, 3.63) is 0 Å². The molecule has 2 N–H and O–H groups in total. The zero-order valence-corrected chi connectivity index (χ0v) is 15.6. The summed E-state index contributed by atoms with van der Waals surface area (Å²) in [6.07, 6.45) is 2.88. The van der Waals surface area contributed by atoms with Crippen LogP contribution >= 0.6 is 0 Å². The number of hydrogen-bond donors (Lipinski definition) is 2. The monoisotopic (exact) mass is 360 g/mol. The van der Waals surface area contributed by atoms with Gasteiger partial charge >= 0.3 is 6.09 Å². The van der Waals surface area contributed by atoms with Gasteiger partial charge in [0, 0.05) is 45.6 Å². The third-order valence-electron chi connectivity index (χ3n) is 3.87. The van der Waals surface area contributed by atoms with Crippen molar-refractivity contribution in [2.45, 2.75) is 52.1 Å². The lowest BCUT2D eigenvalue weighted by Gasteiger charge is -2.33. The Balaban J connectivity index is 0.000000403. The van der Waals surface area contributed by atoms with Crippen molar-refractivity contribution in [1.29, 1.82) is 0 Å². The molecule has 2 aliphatic heterocycles. The lowest BCUT2D eigenvalue weighted by molar-refractivity contribution is -0.122. The summed E-state index contributed by atoms with van der Waals surface area (Å²) in [7, 11) is 0. The third-order valence-corrected chi connectivity index (χ3v) is 3.87. The summed E-state index contributed by atoms with van der Waals surface area (Å²) in [4.78, 5) is 35.4. The Hall–Kier alpha value is -1.67. The highest BCUT2D eigenvalue weighted by Crippen LogP contribution is 2.19. The predicted octanol–water partition coefficient (Wildman–Crippen LogP) is 0.796. The first-order valence-electron chi connectivity index (χ1n) is 8.75. The average molecular weight is 360 g/mol. The molecule has 0 spiro atoms.